The van der Waals surface area contributed by atoms with Crippen molar-refractivity contribution in [1.82, 2.24) is 15.3 Å². The summed E-state index contributed by atoms with van der Waals surface area (Å²) in [5, 5.41) is 30.5. The van der Waals surface area contributed by atoms with E-state index in [1.807, 2.05) is 24.3 Å². The molecule has 9 heteroatoms. The van der Waals surface area contributed by atoms with E-state index >= 15 is 0 Å². The molecule has 5 aliphatic rings. The van der Waals surface area contributed by atoms with Gasteiger partial charge < -0.3 is 20.4 Å². The van der Waals surface area contributed by atoms with Crippen molar-refractivity contribution < 1.29 is 4.43 Å². The first kappa shape index (κ1) is 33.9. The van der Waals surface area contributed by atoms with E-state index in [1.54, 1.807) is 6.20 Å². The summed E-state index contributed by atoms with van der Waals surface area (Å²) in [7, 11) is -1.67. The van der Waals surface area contributed by atoms with Gasteiger partial charge in [0.1, 0.15) is 17.5 Å². The molecule has 0 spiro atoms. The van der Waals surface area contributed by atoms with E-state index in [9.17, 15) is 10.5 Å². The van der Waals surface area contributed by atoms with E-state index in [0.29, 0.717) is 35.5 Å². The number of hydrogen-bond acceptors (Lipinski definition) is 8. The highest BCUT2D eigenvalue weighted by atomic mass is 28.4. The van der Waals surface area contributed by atoms with Gasteiger partial charge in [0.25, 0.3) is 0 Å². The van der Waals surface area contributed by atoms with Crippen LogP contribution in [-0.4, -0.2) is 44.0 Å². The monoisotopic (exact) mass is 653 g/mol. The summed E-state index contributed by atoms with van der Waals surface area (Å²) in [6.45, 7) is 15.2. The van der Waals surface area contributed by atoms with Gasteiger partial charge >= 0.3 is 0 Å². The third kappa shape index (κ3) is 7.69. The molecule has 0 radical (unpaired) electrons. The Morgan fingerprint density at radius 2 is 1.62 bits per heavy atom. The summed E-state index contributed by atoms with van der Waals surface area (Å²) in [4.78, 5) is 9.08. The third-order valence-electron chi connectivity index (χ3n) is 12.6. The minimum Gasteiger partial charge on any atom is -0.417 e. The highest BCUT2D eigenvalue weighted by molar-refractivity contribution is 6.74. The molecule has 5 fully saturated rings. The van der Waals surface area contributed by atoms with E-state index in [2.05, 4.69) is 66.9 Å². The smallest absolute Gasteiger partial charge is 0.224 e. The number of benzene rings is 1. The molecule has 2 aromatic rings. The van der Waals surface area contributed by atoms with Crippen molar-refractivity contribution in [3.8, 4) is 12.1 Å². The quantitative estimate of drug-likeness (QED) is 0.198. The van der Waals surface area contributed by atoms with Crippen LogP contribution in [0.2, 0.25) is 18.1 Å². The Hall–Kier alpha value is -2.98. The van der Waals surface area contributed by atoms with Crippen molar-refractivity contribution >= 4 is 20.1 Å². The second-order valence-corrected chi connectivity index (χ2v) is 21.7. The average Bonchev–Trinajstić information content (AvgIpc) is 3.05. The predicted octanol–water partition coefficient (Wildman–Crippen LogP) is 7.86. The number of aromatic nitrogens is 2. The molecule has 8 nitrogen and oxygen atoms in total. The third-order valence-corrected chi connectivity index (χ3v) is 17.1. The zero-order valence-corrected chi connectivity index (χ0v) is 30.2. The van der Waals surface area contributed by atoms with Gasteiger partial charge in [0.15, 0.2) is 8.32 Å². The molecule has 1 heterocycles. The van der Waals surface area contributed by atoms with Crippen molar-refractivity contribution in [2.45, 2.75) is 109 Å². The Labute approximate surface area is 283 Å². The lowest BCUT2D eigenvalue weighted by atomic mass is 9.48. The Morgan fingerprint density at radius 1 is 0.936 bits per heavy atom. The molecule has 0 saturated heterocycles. The van der Waals surface area contributed by atoms with Gasteiger partial charge in [0.05, 0.1) is 17.8 Å². The molecule has 47 heavy (non-hydrogen) atoms. The normalized spacial score (nSPS) is 30.0. The lowest BCUT2D eigenvalue weighted by Crippen LogP contribution is -2.60. The summed E-state index contributed by atoms with van der Waals surface area (Å²) in [5.41, 5.74) is 2.28. The fourth-order valence-electron chi connectivity index (χ4n) is 9.10. The number of anilines is 2. The molecule has 0 aliphatic heterocycles. The van der Waals surface area contributed by atoms with E-state index in [1.165, 1.54) is 64.3 Å². The van der Waals surface area contributed by atoms with Crippen LogP contribution in [0.25, 0.3) is 0 Å². The van der Waals surface area contributed by atoms with Gasteiger partial charge in [-0.05, 0) is 129 Å². The lowest BCUT2D eigenvalue weighted by molar-refractivity contribution is -0.0703. The molecular formula is C38H55N7OSi. The Bertz CT molecular complexity index is 1470. The summed E-state index contributed by atoms with van der Waals surface area (Å²) < 4.78 is 6.58. The summed E-state index contributed by atoms with van der Waals surface area (Å²) in [6, 6.07) is 12.7. The summed E-state index contributed by atoms with van der Waals surface area (Å²) >= 11 is 0. The van der Waals surface area contributed by atoms with Crippen molar-refractivity contribution in [1.29, 1.82) is 10.5 Å². The van der Waals surface area contributed by atoms with Crippen LogP contribution in [-0.2, 0) is 11.0 Å². The first-order valence-corrected chi connectivity index (χ1v) is 21.0. The summed E-state index contributed by atoms with van der Waals surface area (Å²) in [6.07, 6.45) is 13.4. The van der Waals surface area contributed by atoms with Gasteiger partial charge in [-0.15, -0.1) is 0 Å². The minimum absolute atomic E-state index is 0.272. The van der Waals surface area contributed by atoms with Crippen LogP contribution in [0.3, 0.4) is 0 Å². The topological polar surface area (TPSA) is 119 Å². The van der Waals surface area contributed by atoms with Gasteiger partial charge in [0.2, 0.25) is 5.95 Å². The van der Waals surface area contributed by atoms with Crippen LogP contribution in [0.4, 0.5) is 11.8 Å². The largest absolute Gasteiger partial charge is 0.417 e. The van der Waals surface area contributed by atoms with Gasteiger partial charge in [-0.25, -0.2) is 4.98 Å². The fourth-order valence-corrected chi connectivity index (χ4v) is 10.2. The molecule has 2 unspecified atom stereocenters. The van der Waals surface area contributed by atoms with Crippen molar-refractivity contribution in [3.63, 3.8) is 0 Å². The molecule has 5 saturated carbocycles. The standard InChI is InChI=1S/C38H55N7OSi/c1-37(2,3)47(4,5)46-24-27-12-10-26(11-13-27)21-41-34-31-14-28-15-32(34)18-38(16-28,17-31)25-44-35-33(20-40)23-43-36(45-35)42-22-30-9-7-6-8-29(30)19-39/h6-9,23,26-28,31-32,34,41H,10-18,21-22,24-25H2,1-5H3,(H2,42,43,44,45)/t26-,27-,28?,31-,32+,34+,38?. The van der Waals surface area contributed by atoms with Crippen LogP contribution in [0, 0.1) is 57.7 Å². The van der Waals surface area contributed by atoms with E-state index in [4.69, 9.17) is 9.41 Å². The SMILES string of the molecule is CC(C)(C)[Si](C)(C)OC[C@H]1CC[C@H](CN[C@H]2[C@@H]3CC4C[C@H]2CC(CNc2nc(NCc5ccccc5C#N)ncc2C#N)(C4)C3)CC1. The highest BCUT2D eigenvalue weighted by Gasteiger charge is 2.55. The first-order chi connectivity index (χ1) is 22.5. The van der Waals surface area contributed by atoms with Crippen LogP contribution in [0.1, 0.15) is 95.2 Å². The molecular weight excluding hydrogens is 599 g/mol. The maximum Gasteiger partial charge on any atom is 0.224 e. The number of nitrogens with zero attached hydrogens (tertiary/aromatic N) is 4. The van der Waals surface area contributed by atoms with E-state index in [0.717, 1.165) is 48.3 Å². The van der Waals surface area contributed by atoms with Crippen LogP contribution in [0.5, 0.6) is 0 Å². The fraction of sp³-hybridized carbons (Fsp3) is 0.684. The molecule has 252 valence electrons. The minimum atomic E-state index is -1.67. The molecule has 0 amide bonds. The molecule has 7 rings (SSSR count). The average molecular weight is 654 g/mol. The van der Waals surface area contributed by atoms with Crippen molar-refractivity contribution in [3.05, 3.63) is 47.2 Å². The molecule has 5 atom stereocenters. The molecule has 4 bridgehead atoms. The maximum absolute atomic E-state index is 9.81. The molecule has 1 aromatic heterocycles. The van der Waals surface area contributed by atoms with Crippen LogP contribution < -0.4 is 16.0 Å². The second kappa shape index (κ2) is 13.9. The molecule has 5 aliphatic carbocycles. The highest BCUT2D eigenvalue weighted by Crippen LogP contribution is 2.60. The number of nitriles is 2. The van der Waals surface area contributed by atoms with E-state index < -0.39 is 8.32 Å². The van der Waals surface area contributed by atoms with Gasteiger partial charge in [-0.3, -0.25) is 0 Å². The van der Waals surface area contributed by atoms with Crippen molar-refractivity contribution in [2.24, 2.45) is 35.0 Å². The first-order valence-electron chi connectivity index (χ1n) is 18.1. The lowest BCUT2D eigenvalue weighted by Gasteiger charge is -2.60. The Morgan fingerprint density at radius 3 is 2.30 bits per heavy atom. The Balaban J connectivity index is 0.997. The van der Waals surface area contributed by atoms with Gasteiger partial charge in [-0.2, -0.15) is 15.5 Å². The Kier molecular flexibility index (Phi) is 10.00. The number of hydrogen-bond donors (Lipinski definition) is 3. The van der Waals surface area contributed by atoms with E-state index in [-0.39, 0.29) is 10.5 Å². The number of nitrogens with one attached hydrogen (secondary N) is 3. The predicted molar refractivity (Wildman–Crippen MR) is 190 cm³/mol. The zero-order chi connectivity index (χ0) is 33.2. The maximum atomic E-state index is 9.81. The second-order valence-electron chi connectivity index (χ2n) is 16.9. The van der Waals surface area contributed by atoms with Crippen molar-refractivity contribution in [2.75, 3.05) is 30.3 Å². The molecule has 3 N–H and O–H groups in total. The summed E-state index contributed by atoms with van der Waals surface area (Å²) in [5.74, 6) is 4.91. The number of rotatable bonds is 12. The zero-order valence-electron chi connectivity index (χ0n) is 29.2. The van der Waals surface area contributed by atoms with Crippen LogP contribution in [0.15, 0.2) is 30.5 Å². The van der Waals surface area contributed by atoms with Gasteiger partial charge in [0, 0.05) is 25.7 Å². The molecule has 1 aromatic carbocycles. The van der Waals surface area contributed by atoms with Crippen LogP contribution >= 0.6 is 0 Å². The van der Waals surface area contributed by atoms with Gasteiger partial charge in [-0.1, -0.05) is 39.0 Å².